The Balaban J connectivity index is 1.74. The minimum atomic E-state index is -1.08. The Morgan fingerprint density at radius 2 is 1.83 bits per heavy atom. The van der Waals surface area contributed by atoms with Gasteiger partial charge in [0.2, 0.25) is 0 Å². The summed E-state index contributed by atoms with van der Waals surface area (Å²) in [6.45, 7) is 0. The average Bonchev–Trinajstić information content (AvgIpc) is 3.41. The molecule has 1 aliphatic rings. The molecule has 0 fully saturated rings. The van der Waals surface area contributed by atoms with E-state index in [-0.39, 0.29) is 17.2 Å². The predicted octanol–water partition coefficient (Wildman–Crippen LogP) is 2.73. The zero-order valence-corrected chi connectivity index (χ0v) is 15.8. The molecule has 0 amide bonds. The molecule has 0 unspecified atom stereocenters. The molecule has 2 aromatic carbocycles. The lowest BCUT2D eigenvalue weighted by molar-refractivity contribution is -0.136. The first kappa shape index (κ1) is 19.2. The quantitative estimate of drug-likeness (QED) is 0.507. The number of hydrogen-bond acceptors (Lipinski definition) is 9. The number of para-hydroxylation sites is 3. The van der Waals surface area contributed by atoms with E-state index in [1.54, 1.807) is 48.5 Å². The fraction of sp³-hybridized carbons (Fsp3) is 0.143. The highest BCUT2D eigenvalue weighted by atomic mass is 16.5. The van der Waals surface area contributed by atoms with Crippen LogP contribution < -0.4 is 9.64 Å². The summed E-state index contributed by atoms with van der Waals surface area (Å²) >= 11 is 0. The Morgan fingerprint density at radius 1 is 1.10 bits per heavy atom. The number of esters is 2. The van der Waals surface area contributed by atoms with Gasteiger partial charge in [-0.15, -0.1) is 0 Å². The number of methoxy groups -OCH3 is 1. The second-order valence-corrected chi connectivity index (χ2v) is 6.34. The highest BCUT2D eigenvalue weighted by Crippen LogP contribution is 2.39. The van der Waals surface area contributed by atoms with E-state index in [0.29, 0.717) is 11.4 Å². The maximum Gasteiger partial charge on any atom is 0.360 e. The van der Waals surface area contributed by atoms with E-state index in [0.717, 1.165) is 6.39 Å². The first-order chi connectivity index (χ1) is 14.6. The fourth-order valence-corrected chi connectivity index (χ4v) is 3.18. The summed E-state index contributed by atoms with van der Waals surface area (Å²) in [5.74, 6) is -1.00. The van der Waals surface area contributed by atoms with Crippen molar-refractivity contribution in [1.82, 2.24) is 4.98 Å². The molecular formula is C21H17N3O6. The van der Waals surface area contributed by atoms with E-state index >= 15 is 0 Å². The van der Waals surface area contributed by atoms with Crippen LogP contribution in [0.5, 0.6) is 11.5 Å². The van der Waals surface area contributed by atoms with Gasteiger partial charge in [-0.3, -0.25) is 4.99 Å². The normalized spacial score (nSPS) is 17.7. The van der Waals surface area contributed by atoms with Crippen LogP contribution >= 0.6 is 0 Å². The number of aromatic nitrogens is 1. The maximum absolute atomic E-state index is 12.9. The SMILES string of the molecule is COC(=O)c1ncoc1[C@H]1[C@H](C(=O)Oc2ccccc2)N=CN1c1ccccc1O. The number of hydrogen-bond donors (Lipinski definition) is 1. The second-order valence-electron chi connectivity index (χ2n) is 6.34. The van der Waals surface area contributed by atoms with Gasteiger partial charge in [0.25, 0.3) is 0 Å². The largest absolute Gasteiger partial charge is 0.506 e. The van der Waals surface area contributed by atoms with Crippen LogP contribution in [-0.4, -0.2) is 41.5 Å². The molecule has 2 heterocycles. The number of anilines is 1. The fourth-order valence-electron chi connectivity index (χ4n) is 3.18. The second kappa shape index (κ2) is 8.08. The van der Waals surface area contributed by atoms with Crippen molar-refractivity contribution in [2.24, 2.45) is 4.99 Å². The van der Waals surface area contributed by atoms with Crippen LogP contribution in [0.25, 0.3) is 0 Å². The van der Waals surface area contributed by atoms with Crippen LogP contribution in [0.1, 0.15) is 22.3 Å². The molecule has 9 heteroatoms. The van der Waals surface area contributed by atoms with E-state index in [1.807, 2.05) is 0 Å². The van der Waals surface area contributed by atoms with Gasteiger partial charge < -0.3 is 23.9 Å². The molecule has 0 saturated heterocycles. The molecule has 152 valence electrons. The molecule has 2 atom stereocenters. The number of rotatable bonds is 5. The number of phenolic OH excluding ortho intramolecular Hbond substituents is 1. The molecule has 1 aliphatic heterocycles. The van der Waals surface area contributed by atoms with Crippen molar-refractivity contribution in [1.29, 1.82) is 0 Å². The van der Waals surface area contributed by atoms with E-state index in [9.17, 15) is 14.7 Å². The Morgan fingerprint density at radius 3 is 2.57 bits per heavy atom. The minimum absolute atomic E-state index is 0.0369. The van der Waals surface area contributed by atoms with Gasteiger partial charge in [0.15, 0.2) is 23.9 Å². The molecule has 3 aromatic rings. The van der Waals surface area contributed by atoms with Crippen LogP contribution in [0.3, 0.4) is 0 Å². The minimum Gasteiger partial charge on any atom is -0.506 e. The van der Waals surface area contributed by atoms with Crippen molar-refractivity contribution in [3.05, 3.63) is 72.4 Å². The summed E-state index contributed by atoms with van der Waals surface area (Å²) in [7, 11) is 1.22. The third-order valence-corrected chi connectivity index (χ3v) is 4.56. The van der Waals surface area contributed by atoms with Crippen molar-refractivity contribution in [2.45, 2.75) is 12.1 Å². The first-order valence-corrected chi connectivity index (χ1v) is 8.98. The molecule has 0 spiro atoms. The lowest BCUT2D eigenvalue weighted by atomic mass is 10.0. The van der Waals surface area contributed by atoms with Gasteiger partial charge >= 0.3 is 11.9 Å². The Hall–Kier alpha value is -4.14. The van der Waals surface area contributed by atoms with Crippen molar-refractivity contribution in [3.8, 4) is 11.5 Å². The topological polar surface area (TPSA) is 114 Å². The predicted molar refractivity (Wildman–Crippen MR) is 106 cm³/mol. The molecule has 0 radical (unpaired) electrons. The van der Waals surface area contributed by atoms with Gasteiger partial charge in [0.1, 0.15) is 17.5 Å². The third-order valence-electron chi connectivity index (χ3n) is 4.56. The summed E-state index contributed by atoms with van der Waals surface area (Å²) in [5.41, 5.74) is 0.277. The number of aromatic hydroxyl groups is 1. The number of benzene rings is 2. The van der Waals surface area contributed by atoms with Crippen molar-refractivity contribution in [2.75, 3.05) is 12.0 Å². The number of aliphatic imine (C=N–C) groups is 1. The van der Waals surface area contributed by atoms with Gasteiger partial charge in [-0.1, -0.05) is 30.3 Å². The third kappa shape index (κ3) is 3.48. The lowest BCUT2D eigenvalue weighted by Gasteiger charge is -2.26. The number of phenols is 1. The van der Waals surface area contributed by atoms with E-state index in [4.69, 9.17) is 13.9 Å². The van der Waals surface area contributed by atoms with E-state index < -0.39 is 24.0 Å². The Labute approximate surface area is 171 Å². The van der Waals surface area contributed by atoms with Crippen molar-refractivity contribution >= 4 is 24.0 Å². The summed E-state index contributed by atoms with van der Waals surface area (Å²) in [6.07, 6.45) is 2.47. The molecule has 0 bridgehead atoms. The van der Waals surface area contributed by atoms with Crippen molar-refractivity contribution in [3.63, 3.8) is 0 Å². The van der Waals surface area contributed by atoms with E-state index in [2.05, 4.69) is 9.98 Å². The van der Waals surface area contributed by atoms with Crippen LogP contribution in [0.15, 0.2) is 70.4 Å². The van der Waals surface area contributed by atoms with Crippen LogP contribution in [0.4, 0.5) is 5.69 Å². The highest BCUT2D eigenvalue weighted by molar-refractivity contribution is 5.94. The zero-order valence-electron chi connectivity index (χ0n) is 15.8. The van der Waals surface area contributed by atoms with Crippen LogP contribution in [-0.2, 0) is 9.53 Å². The first-order valence-electron chi connectivity index (χ1n) is 8.98. The van der Waals surface area contributed by atoms with Gasteiger partial charge in [-0.2, -0.15) is 0 Å². The Kier molecular flexibility index (Phi) is 5.17. The summed E-state index contributed by atoms with van der Waals surface area (Å²) in [6, 6.07) is 13.1. The average molecular weight is 407 g/mol. The molecular weight excluding hydrogens is 390 g/mol. The molecule has 30 heavy (non-hydrogen) atoms. The number of carbonyl (C=O) groups excluding carboxylic acids is 2. The molecule has 4 rings (SSSR count). The summed E-state index contributed by atoms with van der Waals surface area (Å²) in [4.78, 5) is 34.8. The van der Waals surface area contributed by atoms with Gasteiger partial charge in [0.05, 0.1) is 19.1 Å². The molecule has 0 saturated carbocycles. The number of ether oxygens (including phenoxy) is 2. The van der Waals surface area contributed by atoms with E-state index in [1.165, 1.54) is 24.4 Å². The number of nitrogens with zero attached hydrogens (tertiary/aromatic N) is 3. The van der Waals surface area contributed by atoms with Gasteiger partial charge in [-0.05, 0) is 24.3 Å². The van der Waals surface area contributed by atoms with Gasteiger partial charge in [0, 0.05) is 0 Å². The number of oxazole rings is 1. The van der Waals surface area contributed by atoms with Crippen molar-refractivity contribution < 1.29 is 28.6 Å². The zero-order chi connectivity index (χ0) is 21.1. The molecule has 1 aromatic heterocycles. The molecule has 0 aliphatic carbocycles. The lowest BCUT2D eigenvalue weighted by Crippen LogP contribution is -2.36. The molecule has 9 nitrogen and oxygen atoms in total. The van der Waals surface area contributed by atoms with Gasteiger partial charge in [-0.25, -0.2) is 14.6 Å². The van der Waals surface area contributed by atoms with Crippen LogP contribution in [0, 0.1) is 0 Å². The maximum atomic E-state index is 12.9. The highest BCUT2D eigenvalue weighted by Gasteiger charge is 2.44. The standard InChI is InChI=1S/C21H17N3O6/c1-28-20(26)17-19(29-12-23-17)18-16(21(27)30-13-7-3-2-4-8-13)22-11-24(18)14-9-5-6-10-15(14)25/h2-12,16,18,25H,1H3/t16-,18-/m1/s1. The number of carbonyl (C=O) groups is 2. The molecule has 1 N–H and O–H groups in total. The Bertz CT molecular complexity index is 1090. The summed E-state index contributed by atoms with van der Waals surface area (Å²) in [5, 5.41) is 10.3. The smallest absolute Gasteiger partial charge is 0.360 e. The van der Waals surface area contributed by atoms with Crippen LogP contribution in [0.2, 0.25) is 0 Å². The monoisotopic (exact) mass is 407 g/mol. The summed E-state index contributed by atoms with van der Waals surface area (Å²) < 4.78 is 15.7.